The Balaban J connectivity index is 0.000000366. The van der Waals surface area contributed by atoms with E-state index in [1.807, 2.05) is 0 Å². The molecule has 0 unspecified atom stereocenters. The molecule has 0 atom stereocenters. The van der Waals surface area contributed by atoms with E-state index in [9.17, 15) is 9.59 Å². The third kappa shape index (κ3) is 5.90. The number of aliphatic carboxylic acids is 1. The summed E-state index contributed by atoms with van der Waals surface area (Å²) in [5.41, 5.74) is 0.833. The van der Waals surface area contributed by atoms with Crippen LogP contribution in [0.1, 0.15) is 32.6 Å². The molecule has 96 valence electrons. The smallest absolute Gasteiger partial charge is 0.333 e. The highest BCUT2D eigenvalue weighted by Crippen LogP contribution is 2.30. The van der Waals surface area contributed by atoms with Crippen LogP contribution in [0.25, 0.3) is 0 Å². The summed E-state index contributed by atoms with van der Waals surface area (Å²) >= 11 is 0. The van der Waals surface area contributed by atoms with Gasteiger partial charge in [-0.05, 0) is 25.7 Å². The van der Waals surface area contributed by atoms with Gasteiger partial charge in [-0.25, -0.2) is 9.59 Å². The second-order valence-corrected chi connectivity index (χ2v) is 4.08. The minimum absolute atomic E-state index is 0.176. The predicted molar refractivity (Wildman–Crippen MR) is 65.6 cm³/mol. The van der Waals surface area contributed by atoms with Gasteiger partial charge in [-0.3, -0.25) is 0 Å². The van der Waals surface area contributed by atoms with Crippen LogP contribution in [0.2, 0.25) is 0 Å². The lowest BCUT2D eigenvalue weighted by molar-refractivity contribution is -0.136. The summed E-state index contributed by atoms with van der Waals surface area (Å²) in [6.07, 6.45) is 4.66. The van der Waals surface area contributed by atoms with Crippen molar-refractivity contribution in [1.29, 1.82) is 0 Å². The van der Waals surface area contributed by atoms with E-state index >= 15 is 0 Å². The van der Waals surface area contributed by atoms with Crippen LogP contribution in [-0.2, 0) is 14.3 Å². The lowest BCUT2D eigenvalue weighted by Gasteiger charge is -2.09. The van der Waals surface area contributed by atoms with Crippen LogP contribution in [-0.4, -0.2) is 24.2 Å². The Bertz CT molecular complexity index is 299. The molecular weight excluding hydrogens is 220 g/mol. The standard InChI is InChI=1S/C9H14O2.C4H6O2/c1-7(9(10)11-2)8-5-3-4-6-8;1-3(2)4(5)6/h8H,1,3-6H2,2H3;1H2,2H3,(H,5,6). The molecule has 0 heterocycles. The number of esters is 1. The molecular formula is C13H20O4. The fraction of sp³-hybridized carbons (Fsp3) is 0.538. The van der Waals surface area contributed by atoms with E-state index in [2.05, 4.69) is 17.9 Å². The number of ether oxygens (including phenoxy) is 1. The molecule has 0 aliphatic heterocycles. The molecule has 0 aromatic rings. The maximum atomic E-state index is 11.0. The number of carboxylic acids is 1. The van der Waals surface area contributed by atoms with E-state index in [1.165, 1.54) is 26.9 Å². The highest BCUT2D eigenvalue weighted by molar-refractivity contribution is 5.88. The molecule has 0 radical (unpaired) electrons. The molecule has 1 fully saturated rings. The van der Waals surface area contributed by atoms with Crippen LogP contribution in [0, 0.1) is 5.92 Å². The predicted octanol–water partition coefficient (Wildman–Crippen LogP) is 2.55. The fourth-order valence-electron chi connectivity index (χ4n) is 1.57. The van der Waals surface area contributed by atoms with Crippen molar-refractivity contribution in [1.82, 2.24) is 0 Å². The molecule has 1 aliphatic carbocycles. The van der Waals surface area contributed by atoms with Gasteiger partial charge in [0.05, 0.1) is 7.11 Å². The summed E-state index contributed by atoms with van der Waals surface area (Å²) in [6, 6.07) is 0. The van der Waals surface area contributed by atoms with Crippen LogP contribution in [0.4, 0.5) is 0 Å². The van der Waals surface area contributed by atoms with Crippen LogP contribution in [0.5, 0.6) is 0 Å². The minimum Gasteiger partial charge on any atom is -0.478 e. The van der Waals surface area contributed by atoms with Gasteiger partial charge >= 0.3 is 11.9 Å². The molecule has 0 spiro atoms. The topological polar surface area (TPSA) is 63.6 Å². The second-order valence-electron chi connectivity index (χ2n) is 4.08. The Kier molecular flexibility index (Phi) is 6.94. The van der Waals surface area contributed by atoms with Crippen molar-refractivity contribution in [3.8, 4) is 0 Å². The van der Waals surface area contributed by atoms with Crippen molar-refractivity contribution < 1.29 is 19.4 Å². The largest absolute Gasteiger partial charge is 0.478 e. The molecule has 0 aromatic carbocycles. The summed E-state index contributed by atoms with van der Waals surface area (Å²) in [4.78, 5) is 20.6. The lowest BCUT2D eigenvalue weighted by atomic mass is 9.99. The zero-order valence-corrected chi connectivity index (χ0v) is 10.5. The monoisotopic (exact) mass is 240 g/mol. The van der Waals surface area contributed by atoms with Gasteiger partial charge in [0.2, 0.25) is 0 Å². The van der Waals surface area contributed by atoms with Gasteiger partial charge < -0.3 is 9.84 Å². The average molecular weight is 240 g/mol. The third-order valence-corrected chi connectivity index (χ3v) is 2.66. The highest BCUT2D eigenvalue weighted by Gasteiger charge is 2.22. The molecule has 1 N–H and O–H groups in total. The van der Waals surface area contributed by atoms with Gasteiger partial charge in [-0.1, -0.05) is 26.0 Å². The van der Waals surface area contributed by atoms with Crippen LogP contribution in [0.15, 0.2) is 24.3 Å². The SMILES string of the molecule is C=C(C(=O)OC)C1CCCC1.C=C(C)C(=O)O. The molecule has 4 nitrogen and oxygen atoms in total. The van der Waals surface area contributed by atoms with Crippen molar-refractivity contribution in [3.63, 3.8) is 0 Å². The van der Waals surface area contributed by atoms with Crippen LogP contribution in [0.3, 0.4) is 0 Å². The van der Waals surface area contributed by atoms with Gasteiger partial charge in [0.25, 0.3) is 0 Å². The first-order valence-corrected chi connectivity index (χ1v) is 5.56. The van der Waals surface area contributed by atoms with E-state index in [0.717, 1.165) is 12.8 Å². The average Bonchev–Trinajstić information content (AvgIpc) is 2.81. The fourth-order valence-corrected chi connectivity index (χ4v) is 1.57. The molecule has 17 heavy (non-hydrogen) atoms. The molecule has 0 aromatic heterocycles. The molecule has 0 saturated heterocycles. The minimum atomic E-state index is -0.935. The maximum Gasteiger partial charge on any atom is 0.333 e. The lowest BCUT2D eigenvalue weighted by Crippen LogP contribution is -2.10. The van der Waals surface area contributed by atoms with E-state index in [1.54, 1.807) is 0 Å². The first kappa shape index (κ1) is 15.4. The number of methoxy groups -OCH3 is 1. The zero-order chi connectivity index (χ0) is 13.4. The van der Waals surface area contributed by atoms with Gasteiger partial charge in [0.1, 0.15) is 0 Å². The normalized spacial score (nSPS) is 14.5. The molecule has 0 amide bonds. The number of hydrogen-bond donors (Lipinski definition) is 1. The number of carbonyl (C=O) groups excluding carboxylic acids is 1. The summed E-state index contributed by atoms with van der Waals surface area (Å²) < 4.78 is 4.59. The first-order chi connectivity index (χ1) is 7.90. The Morgan fingerprint density at radius 1 is 1.24 bits per heavy atom. The Labute approximate surface area is 102 Å². The molecule has 1 saturated carbocycles. The van der Waals surface area contributed by atoms with E-state index in [4.69, 9.17) is 5.11 Å². The van der Waals surface area contributed by atoms with Gasteiger partial charge in [-0.2, -0.15) is 0 Å². The number of carbonyl (C=O) groups is 2. The number of rotatable bonds is 3. The third-order valence-electron chi connectivity index (χ3n) is 2.66. The molecule has 1 rings (SSSR count). The first-order valence-electron chi connectivity index (χ1n) is 5.56. The summed E-state index contributed by atoms with van der Waals surface area (Å²) in [6.45, 7) is 8.33. The molecule has 1 aliphatic rings. The molecule has 0 bridgehead atoms. The summed E-state index contributed by atoms with van der Waals surface area (Å²) in [5, 5.41) is 7.89. The van der Waals surface area contributed by atoms with Crippen molar-refractivity contribution >= 4 is 11.9 Å². The van der Waals surface area contributed by atoms with Crippen molar-refractivity contribution in [2.24, 2.45) is 5.92 Å². The van der Waals surface area contributed by atoms with E-state index in [-0.39, 0.29) is 11.5 Å². The Hall–Kier alpha value is -1.58. The van der Waals surface area contributed by atoms with E-state index < -0.39 is 5.97 Å². The van der Waals surface area contributed by atoms with Crippen molar-refractivity contribution in [2.75, 3.05) is 7.11 Å². The van der Waals surface area contributed by atoms with Crippen LogP contribution < -0.4 is 0 Å². The van der Waals surface area contributed by atoms with Gasteiger partial charge in [0.15, 0.2) is 0 Å². The van der Waals surface area contributed by atoms with Crippen molar-refractivity contribution in [3.05, 3.63) is 24.3 Å². The summed E-state index contributed by atoms with van der Waals surface area (Å²) in [5.74, 6) is -0.783. The Morgan fingerprint density at radius 3 is 1.94 bits per heavy atom. The number of hydrogen-bond acceptors (Lipinski definition) is 3. The molecule has 4 heteroatoms. The Morgan fingerprint density at radius 2 is 1.65 bits per heavy atom. The second kappa shape index (κ2) is 7.65. The highest BCUT2D eigenvalue weighted by atomic mass is 16.5. The van der Waals surface area contributed by atoms with Gasteiger partial charge in [0, 0.05) is 11.1 Å². The van der Waals surface area contributed by atoms with Crippen LogP contribution >= 0.6 is 0 Å². The maximum absolute atomic E-state index is 11.0. The van der Waals surface area contributed by atoms with Gasteiger partial charge in [-0.15, -0.1) is 0 Å². The quantitative estimate of drug-likeness (QED) is 0.608. The van der Waals surface area contributed by atoms with Crippen molar-refractivity contribution in [2.45, 2.75) is 32.6 Å². The zero-order valence-electron chi connectivity index (χ0n) is 10.5. The van der Waals surface area contributed by atoms with E-state index in [0.29, 0.717) is 11.5 Å². The summed E-state index contributed by atoms with van der Waals surface area (Å²) in [7, 11) is 1.41. The number of carboxylic acid groups (broad SMARTS) is 1.